The predicted molar refractivity (Wildman–Crippen MR) is 80.7 cm³/mol. The summed E-state index contributed by atoms with van der Waals surface area (Å²) >= 11 is 0. The van der Waals surface area contributed by atoms with Crippen LogP contribution in [0.4, 0.5) is 0 Å². The standard InChI is InChI=1S/C16H17N5O2/c1-3-22-16(23-4-2)15(10-18)12(11-6-5-7-20-8-11)14(15,9-17)13(19)21-16/h5-8,12H,3-4H2,1-2H3,(H2,19,21). The van der Waals surface area contributed by atoms with Gasteiger partial charge >= 0.3 is 0 Å². The Bertz CT molecular complexity index is 729. The molecule has 0 saturated heterocycles. The van der Waals surface area contributed by atoms with Crippen molar-refractivity contribution < 1.29 is 9.47 Å². The van der Waals surface area contributed by atoms with E-state index in [1.54, 1.807) is 32.3 Å². The number of fused-ring (bicyclic) bond motifs is 1. The first-order chi connectivity index (χ1) is 11.1. The summed E-state index contributed by atoms with van der Waals surface area (Å²) < 4.78 is 11.5. The molecule has 1 saturated carbocycles. The Kier molecular flexibility index (Phi) is 3.36. The number of nitrogens with zero attached hydrogens (tertiary/aromatic N) is 4. The third-order valence-corrected chi connectivity index (χ3v) is 4.63. The molecule has 0 aromatic carbocycles. The highest BCUT2D eigenvalue weighted by Crippen LogP contribution is 2.81. The molecule has 1 aromatic heterocycles. The highest BCUT2D eigenvalue weighted by molar-refractivity contribution is 6.00. The van der Waals surface area contributed by atoms with Crippen molar-refractivity contribution in [1.82, 2.24) is 4.98 Å². The molecule has 3 rings (SSSR count). The van der Waals surface area contributed by atoms with E-state index in [-0.39, 0.29) is 19.0 Å². The van der Waals surface area contributed by atoms with Crippen molar-refractivity contribution in [3.05, 3.63) is 30.1 Å². The van der Waals surface area contributed by atoms with Gasteiger partial charge in [0.25, 0.3) is 5.91 Å². The molecular formula is C16H17N5O2. The lowest BCUT2D eigenvalue weighted by atomic mass is 9.93. The molecule has 0 bridgehead atoms. The SMILES string of the molecule is CCOC1(OCC)N=C(N)C2(C#N)C(c3cccnc3)C12C#N. The number of rotatable bonds is 5. The summed E-state index contributed by atoms with van der Waals surface area (Å²) in [5, 5.41) is 19.8. The highest BCUT2D eigenvalue weighted by Gasteiger charge is 2.93. The van der Waals surface area contributed by atoms with Crippen molar-refractivity contribution in [3.8, 4) is 12.1 Å². The Labute approximate surface area is 134 Å². The zero-order chi connectivity index (χ0) is 16.7. The van der Waals surface area contributed by atoms with Gasteiger partial charge in [-0.3, -0.25) is 4.98 Å². The topological polar surface area (TPSA) is 117 Å². The lowest BCUT2D eigenvalue weighted by Crippen LogP contribution is -2.43. The number of aromatic nitrogens is 1. The summed E-state index contributed by atoms with van der Waals surface area (Å²) in [4.78, 5) is 8.36. The molecule has 1 aliphatic carbocycles. The van der Waals surface area contributed by atoms with Crippen LogP contribution in [0.15, 0.2) is 29.5 Å². The summed E-state index contributed by atoms with van der Waals surface area (Å²) in [5.41, 5.74) is 4.27. The molecule has 1 aliphatic heterocycles. The third-order valence-electron chi connectivity index (χ3n) is 4.63. The maximum absolute atomic E-state index is 9.99. The number of hydrogen-bond acceptors (Lipinski definition) is 7. The van der Waals surface area contributed by atoms with Gasteiger partial charge in [0, 0.05) is 31.5 Å². The van der Waals surface area contributed by atoms with Crippen LogP contribution in [0.1, 0.15) is 25.3 Å². The number of hydrogen-bond donors (Lipinski definition) is 1. The summed E-state index contributed by atoms with van der Waals surface area (Å²) in [6.07, 6.45) is 3.27. The molecule has 3 atom stereocenters. The van der Waals surface area contributed by atoms with Crippen molar-refractivity contribution >= 4 is 5.84 Å². The molecule has 2 N–H and O–H groups in total. The van der Waals surface area contributed by atoms with Crippen LogP contribution >= 0.6 is 0 Å². The van der Waals surface area contributed by atoms with Crippen LogP contribution in [0.2, 0.25) is 0 Å². The van der Waals surface area contributed by atoms with Gasteiger partial charge in [-0.05, 0) is 25.5 Å². The van der Waals surface area contributed by atoms with Gasteiger partial charge in [0.2, 0.25) is 0 Å². The van der Waals surface area contributed by atoms with E-state index < -0.39 is 22.7 Å². The second-order valence-electron chi connectivity index (χ2n) is 5.50. The third kappa shape index (κ3) is 1.53. The van der Waals surface area contributed by atoms with Gasteiger partial charge in [0.1, 0.15) is 11.3 Å². The monoisotopic (exact) mass is 311 g/mol. The summed E-state index contributed by atoms with van der Waals surface area (Å²) in [6, 6.07) is 8.04. The average Bonchev–Trinajstić information content (AvgIpc) is 3.15. The minimum atomic E-state index is -1.56. The van der Waals surface area contributed by atoms with Crippen molar-refractivity contribution in [2.75, 3.05) is 13.2 Å². The van der Waals surface area contributed by atoms with Gasteiger partial charge in [-0.2, -0.15) is 10.5 Å². The van der Waals surface area contributed by atoms with Gasteiger partial charge < -0.3 is 15.2 Å². The number of aliphatic imine (C=N–C) groups is 1. The molecule has 0 radical (unpaired) electrons. The lowest BCUT2D eigenvalue weighted by molar-refractivity contribution is -0.255. The first kappa shape index (κ1) is 15.4. The number of nitrogens with two attached hydrogens (primary N) is 1. The van der Waals surface area contributed by atoms with E-state index >= 15 is 0 Å². The Balaban J connectivity index is 2.22. The Hall–Kier alpha value is -2.48. The smallest absolute Gasteiger partial charge is 0.293 e. The normalized spacial score (nSPS) is 33.2. The van der Waals surface area contributed by atoms with Crippen molar-refractivity contribution in [1.29, 1.82) is 10.5 Å². The van der Waals surface area contributed by atoms with Gasteiger partial charge in [-0.25, -0.2) is 4.99 Å². The molecular weight excluding hydrogens is 294 g/mol. The fourth-order valence-corrected chi connectivity index (χ4v) is 3.80. The maximum Gasteiger partial charge on any atom is 0.293 e. The first-order valence-corrected chi connectivity index (χ1v) is 7.46. The fraction of sp³-hybridized carbons (Fsp3) is 0.500. The molecule has 1 aromatic rings. The van der Waals surface area contributed by atoms with Crippen LogP contribution < -0.4 is 5.73 Å². The van der Waals surface area contributed by atoms with Crippen molar-refractivity contribution in [3.63, 3.8) is 0 Å². The van der Waals surface area contributed by atoms with E-state index in [1.807, 2.05) is 6.07 Å². The van der Waals surface area contributed by atoms with Crippen molar-refractivity contribution in [2.24, 2.45) is 21.6 Å². The van der Waals surface area contributed by atoms with Gasteiger partial charge in [0.15, 0.2) is 5.41 Å². The maximum atomic E-state index is 9.99. The summed E-state index contributed by atoms with van der Waals surface area (Å²) in [5.74, 6) is -1.97. The number of ether oxygens (including phenoxy) is 2. The molecule has 2 heterocycles. The van der Waals surface area contributed by atoms with Crippen LogP contribution in [-0.2, 0) is 9.47 Å². The number of nitriles is 2. The van der Waals surface area contributed by atoms with Crippen LogP contribution in [0.3, 0.4) is 0 Å². The Morgan fingerprint density at radius 3 is 2.43 bits per heavy atom. The quantitative estimate of drug-likeness (QED) is 0.819. The Morgan fingerprint density at radius 1 is 1.26 bits per heavy atom. The molecule has 0 amide bonds. The van der Waals surface area contributed by atoms with Gasteiger partial charge in [0.05, 0.1) is 12.1 Å². The predicted octanol–water partition coefficient (Wildman–Crippen LogP) is 1.30. The number of pyridine rings is 1. The highest BCUT2D eigenvalue weighted by atomic mass is 16.7. The van der Waals surface area contributed by atoms with Gasteiger partial charge in [-0.1, -0.05) is 6.07 Å². The lowest BCUT2D eigenvalue weighted by Gasteiger charge is -2.31. The van der Waals surface area contributed by atoms with E-state index in [0.29, 0.717) is 0 Å². The van der Waals surface area contributed by atoms with E-state index in [2.05, 4.69) is 22.1 Å². The van der Waals surface area contributed by atoms with Crippen LogP contribution in [0.5, 0.6) is 0 Å². The second kappa shape index (κ2) is 5.02. The van der Waals surface area contributed by atoms with E-state index in [0.717, 1.165) is 5.56 Å². The molecule has 1 fully saturated rings. The molecule has 3 unspecified atom stereocenters. The van der Waals surface area contributed by atoms with E-state index in [1.165, 1.54) is 0 Å². The Morgan fingerprint density at radius 2 is 1.96 bits per heavy atom. The van der Waals surface area contributed by atoms with Gasteiger partial charge in [-0.15, -0.1) is 0 Å². The first-order valence-electron chi connectivity index (χ1n) is 7.46. The zero-order valence-corrected chi connectivity index (χ0v) is 13.0. The molecule has 23 heavy (non-hydrogen) atoms. The van der Waals surface area contributed by atoms with Crippen LogP contribution in [-0.4, -0.2) is 29.9 Å². The van der Waals surface area contributed by atoms with E-state index in [4.69, 9.17) is 15.2 Å². The molecule has 7 heteroatoms. The molecule has 0 spiro atoms. The van der Waals surface area contributed by atoms with Crippen LogP contribution in [0, 0.1) is 33.5 Å². The minimum Gasteiger partial charge on any atom is -0.386 e. The van der Waals surface area contributed by atoms with E-state index in [9.17, 15) is 10.5 Å². The summed E-state index contributed by atoms with van der Waals surface area (Å²) in [6.45, 7) is 4.12. The average molecular weight is 311 g/mol. The van der Waals surface area contributed by atoms with Crippen LogP contribution in [0.25, 0.3) is 0 Å². The zero-order valence-electron chi connectivity index (χ0n) is 13.0. The fourth-order valence-electron chi connectivity index (χ4n) is 3.80. The molecule has 118 valence electrons. The largest absolute Gasteiger partial charge is 0.386 e. The second-order valence-corrected chi connectivity index (χ2v) is 5.50. The minimum absolute atomic E-state index is 0.0808. The summed E-state index contributed by atoms with van der Waals surface area (Å²) in [7, 11) is 0. The van der Waals surface area contributed by atoms with Crippen molar-refractivity contribution in [2.45, 2.75) is 25.7 Å². The molecule has 7 nitrogen and oxygen atoms in total. The number of amidine groups is 1. The molecule has 2 aliphatic rings.